The van der Waals surface area contributed by atoms with Crippen molar-refractivity contribution in [2.45, 2.75) is 57.8 Å². The lowest BCUT2D eigenvalue weighted by atomic mass is 10.2. The van der Waals surface area contributed by atoms with E-state index in [-0.39, 0.29) is 12.4 Å². The zero-order chi connectivity index (χ0) is 11.6. The highest BCUT2D eigenvalue weighted by molar-refractivity contribution is 4.82. The highest BCUT2D eigenvalue weighted by atomic mass is 16.7. The fourth-order valence-electron chi connectivity index (χ4n) is 1.67. The maximum absolute atomic E-state index is 9.03. The summed E-state index contributed by atoms with van der Waals surface area (Å²) in [5, 5.41) is 9.03. The van der Waals surface area contributed by atoms with Crippen molar-refractivity contribution in [2.75, 3.05) is 13.2 Å². The van der Waals surface area contributed by atoms with Crippen LogP contribution in [0.1, 0.15) is 45.4 Å². The maximum Gasteiger partial charge on any atom is 0.157 e. The van der Waals surface area contributed by atoms with Crippen LogP contribution in [0.25, 0.3) is 0 Å². The molecule has 1 saturated heterocycles. The van der Waals surface area contributed by atoms with Crippen LogP contribution in [-0.4, -0.2) is 30.7 Å². The van der Waals surface area contributed by atoms with Gasteiger partial charge < -0.3 is 14.6 Å². The van der Waals surface area contributed by atoms with Gasteiger partial charge in [-0.05, 0) is 45.4 Å². The number of aliphatic hydroxyl groups excluding tert-OH is 1. The SMILES string of the molecule is C[C@@H](O)C/C=C/CCCOC1CCCCO1. The Morgan fingerprint density at radius 2 is 2.31 bits per heavy atom. The predicted octanol–water partition coefficient (Wildman–Crippen LogP) is 2.64. The average Bonchev–Trinajstić information content (AvgIpc) is 2.29. The molecule has 1 unspecified atom stereocenters. The summed E-state index contributed by atoms with van der Waals surface area (Å²) in [6.45, 7) is 3.41. The third-order valence-corrected chi connectivity index (χ3v) is 2.60. The third kappa shape index (κ3) is 6.99. The molecule has 16 heavy (non-hydrogen) atoms. The van der Waals surface area contributed by atoms with Crippen LogP contribution >= 0.6 is 0 Å². The molecule has 3 heteroatoms. The van der Waals surface area contributed by atoms with Gasteiger partial charge in [0, 0.05) is 6.61 Å². The Kier molecular flexibility index (Phi) is 7.47. The van der Waals surface area contributed by atoms with Crippen molar-refractivity contribution < 1.29 is 14.6 Å². The molecule has 1 fully saturated rings. The largest absolute Gasteiger partial charge is 0.393 e. The van der Waals surface area contributed by atoms with E-state index in [9.17, 15) is 0 Å². The second-order valence-corrected chi connectivity index (χ2v) is 4.37. The number of rotatable bonds is 7. The van der Waals surface area contributed by atoms with Gasteiger partial charge in [0.25, 0.3) is 0 Å². The first-order valence-electron chi connectivity index (χ1n) is 6.35. The van der Waals surface area contributed by atoms with E-state index in [0.29, 0.717) is 0 Å². The van der Waals surface area contributed by atoms with Gasteiger partial charge in [-0.15, -0.1) is 0 Å². The molecular weight excluding hydrogens is 204 g/mol. The molecule has 94 valence electrons. The first-order chi connectivity index (χ1) is 7.79. The van der Waals surface area contributed by atoms with Crippen LogP contribution in [0.2, 0.25) is 0 Å². The van der Waals surface area contributed by atoms with Crippen LogP contribution in [0, 0.1) is 0 Å². The first kappa shape index (κ1) is 13.7. The summed E-state index contributed by atoms with van der Waals surface area (Å²) >= 11 is 0. The second-order valence-electron chi connectivity index (χ2n) is 4.37. The van der Waals surface area contributed by atoms with Gasteiger partial charge in [0.2, 0.25) is 0 Å². The highest BCUT2D eigenvalue weighted by Gasteiger charge is 2.12. The average molecular weight is 228 g/mol. The fourth-order valence-corrected chi connectivity index (χ4v) is 1.67. The third-order valence-electron chi connectivity index (χ3n) is 2.60. The topological polar surface area (TPSA) is 38.7 Å². The van der Waals surface area contributed by atoms with Crippen LogP contribution in [0.3, 0.4) is 0 Å². The normalized spacial score (nSPS) is 23.8. The molecule has 0 aromatic carbocycles. The Hall–Kier alpha value is -0.380. The molecule has 0 aromatic heterocycles. The Bertz CT molecular complexity index is 184. The minimum absolute atomic E-state index is 0.0372. The van der Waals surface area contributed by atoms with Gasteiger partial charge in [0.1, 0.15) is 0 Å². The number of allylic oxidation sites excluding steroid dienone is 1. The summed E-state index contributed by atoms with van der Waals surface area (Å²) in [5.41, 5.74) is 0. The lowest BCUT2D eigenvalue weighted by molar-refractivity contribution is -0.162. The van der Waals surface area contributed by atoms with E-state index < -0.39 is 0 Å². The molecule has 1 heterocycles. The van der Waals surface area contributed by atoms with Crippen LogP contribution in [0.15, 0.2) is 12.2 Å². The highest BCUT2D eigenvalue weighted by Crippen LogP contribution is 2.13. The van der Waals surface area contributed by atoms with E-state index in [1.807, 2.05) is 6.08 Å². The van der Waals surface area contributed by atoms with Gasteiger partial charge >= 0.3 is 0 Å². The van der Waals surface area contributed by atoms with Crippen molar-refractivity contribution in [3.05, 3.63) is 12.2 Å². The molecular formula is C13H24O3. The number of aliphatic hydroxyl groups is 1. The van der Waals surface area contributed by atoms with Crippen molar-refractivity contribution >= 4 is 0 Å². The molecule has 0 aromatic rings. The molecule has 0 amide bonds. The summed E-state index contributed by atoms with van der Waals surface area (Å²) < 4.78 is 11.1. The molecule has 0 bridgehead atoms. The van der Waals surface area contributed by atoms with E-state index in [2.05, 4.69) is 6.08 Å². The van der Waals surface area contributed by atoms with Crippen molar-refractivity contribution in [3.63, 3.8) is 0 Å². The fraction of sp³-hybridized carbons (Fsp3) is 0.846. The Morgan fingerprint density at radius 3 is 3.00 bits per heavy atom. The van der Waals surface area contributed by atoms with Gasteiger partial charge in [-0.1, -0.05) is 12.2 Å². The summed E-state index contributed by atoms with van der Waals surface area (Å²) in [7, 11) is 0. The van der Waals surface area contributed by atoms with Crippen LogP contribution in [0.5, 0.6) is 0 Å². The number of unbranched alkanes of at least 4 members (excludes halogenated alkanes) is 1. The summed E-state index contributed by atoms with van der Waals surface area (Å²) in [4.78, 5) is 0. The van der Waals surface area contributed by atoms with Gasteiger partial charge in [-0.25, -0.2) is 0 Å². The van der Waals surface area contributed by atoms with Crippen LogP contribution in [-0.2, 0) is 9.47 Å². The number of hydrogen-bond donors (Lipinski definition) is 1. The van der Waals surface area contributed by atoms with E-state index in [1.165, 1.54) is 12.8 Å². The molecule has 2 atom stereocenters. The van der Waals surface area contributed by atoms with Gasteiger partial charge in [0.05, 0.1) is 12.7 Å². The Morgan fingerprint density at radius 1 is 1.44 bits per heavy atom. The van der Waals surface area contributed by atoms with Gasteiger partial charge in [-0.3, -0.25) is 0 Å². The van der Waals surface area contributed by atoms with Crippen LogP contribution in [0.4, 0.5) is 0 Å². The molecule has 0 spiro atoms. The van der Waals surface area contributed by atoms with Gasteiger partial charge in [0.15, 0.2) is 6.29 Å². The first-order valence-corrected chi connectivity index (χ1v) is 6.35. The van der Waals surface area contributed by atoms with Crippen molar-refractivity contribution in [1.82, 2.24) is 0 Å². The lowest BCUT2D eigenvalue weighted by Crippen LogP contribution is -2.22. The minimum atomic E-state index is -0.233. The summed E-state index contributed by atoms with van der Waals surface area (Å²) in [6.07, 6.45) is 10.2. The summed E-state index contributed by atoms with van der Waals surface area (Å²) in [6, 6.07) is 0. The molecule has 0 radical (unpaired) electrons. The smallest absolute Gasteiger partial charge is 0.157 e. The summed E-state index contributed by atoms with van der Waals surface area (Å²) in [5.74, 6) is 0. The standard InChI is InChI=1S/C13H24O3/c1-12(14)8-4-2-3-6-10-15-13-9-5-7-11-16-13/h2,4,12-14H,3,5-11H2,1H3/b4-2+/t12-,13?/m1/s1. The lowest BCUT2D eigenvalue weighted by Gasteiger charge is -2.22. The van der Waals surface area contributed by atoms with Crippen molar-refractivity contribution in [2.24, 2.45) is 0 Å². The quantitative estimate of drug-likeness (QED) is 0.538. The second kappa shape index (κ2) is 8.74. The number of ether oxygens (including phenoxy) is 2. The molecule has 1 aliphatic rings. The molecule has 1 rings (SSSR count). The predicted molar refractivity (Wildman–Crippen MR) is 64.2 cm³/mol. The minimum Gasteiger partial charge on any atom is -0.393 e. The number of hydrogen-bond acceptors (Lipinski definition) is 3. The Balaban J connectivity index is 1.89. The van der Waals surface area contributed by atoms with Gasteiger partial charge in [-0.2, -0.15) is 0 Å². The molecule has 0 saturated carbocycles. The maximum atomic E-state index is 9.03. The monoisotopic (exact) mass is 228 g/mol. The van der Waals surface area contributed by atoms with E-state index in [0.717, 1.165) is 38.9 Å². The molecule has 1 aliphatic heterocycles. The molecule has 0 aliphatic carbocycles. The zero-order valence-corrected chi connectivity index (χ0v) is 10.2. The van der Waals surface area contributed by atoms with E-state index in [4.69, 9.17) is 14.6 Å². The molecule has 3 nitrogen and oxygen atoms in total. The van der Waals surface area contributed by atoms with Crippen molar-refractivity contribution in [3.8, 4) is 0 Å². The van der Waals surface area contributed by atoms with E-state index >= 15 is 0 Å². The van der Waals surface area contributed by atoms with Crippen molar-refractivity contribution in [1.29, 1.82) is 0 Å². The zero-order valence-electron chi connectivity index (χ0n) is 10.2. The Labute approximate surface area is 98.4 Å². The molecule has 1 N–H and O–H groups in total. The van der Waals surface area contributed by atoms with E-state index in [1.54, 1.807) is 6.92 Å². The van der Waals surface area contributed by atoms with Crippen LogP contribution < -0.4 is 0 Å².